The van der Waals surface area contributed by atoms with Crippen LogP contribution in [0, 0.1) is 12.8 Å². The number of thiazole rings is 1. The van der Waals surface area contributed by atoms with Crippen molar-refractivity contribution >= 4 is 17.3 Å². The Bertz CT molecular complexity index is 411. The zero-order chi connectivity index (χ0) is 13.7. The minimum Gasteiger partial charge on any atom is -0.466 e. The summed E-state index contributed by atoms with van der Waals surface area (Å²) in [6.07, 6.45) is 3.97. The zero-order valence-corrected chi connectivity index (χ0v) is 12.5. The van der Waals surface area contributed by atoms with E-state index < -0.39 is 0 Å². The van der Waals surface area contributed by atoms with Gasteiger partial charge in [0.15, 0.2) is 0 Å². The number of ether oxygens (including phenoxy) is 1. The molecule has 0 amide bonds. The molecular formula is C14H22N2O2S. The predicted octanol–water partition coefficient (Wildman–Crippen LogP) is 2.66. The van der Waals surface area contributed by atoms with Crippen molar-refractivity contribution in [2.24, 2.45) is 5.92 Å². The first-order valence-electron chi connectivity index (χ1n) is 7.00. The van der Waals surface area contributed by atoms with E-state index in [1.807, 2.05) is 13.8 Å². The van der Waals surface area contributed by atoms with Crippen LogP contribution in [0.25, 0.3) is 0 Å². The van der Waals surface area contributed by atoms with Crippen LogP contribution >= 0.6 is 11.3 Å². The van der Waals surface area contributed by atoms with Crippen LogP contribution in [0.2, 0.25) is 0 Å². The third-order valence-corrected chi connectivity index (χ3v) is 4.41. The van der Waals surface area contributed by atoms with Crippen LogP contribution < -0.4 is 5.32 Å². The quantitative estimate of drug-likeness (QED) is 0.844. The van der Waals surface area contributed by atoms with Gasteiger partial charge in [-0.15, -0.1) is 11.3 Å². The SMILES string of the molecule is CCOC(=O)C1CCC(NCc2csc(C)n2)CC1. The van der Waals surface area contributed by atoms with Crippen LogP contribution in [0.5, 0.6) is 0 Å². The predicted molar refractivity (Wildman–Crippen MR) is 76.1 cm³/mol. The number of carbonyl (C=O) groups is 1. The molecule has 19 heavy (non-hydrogen) atoms. The Labute approximate surface area is 118 Å². The highest BCUT2D eigenvalue weighted by Crippen LogP contribution is 2.25. The van der Waals surface area contributed by atoms with Gasteiger partial charge in [-0.05, 0) is 39.5 Å². The van der Waals surface area contributed by atoms with E-state index in [1.54, 1.807) is 11.3 Å². The summed E-state index contributed by atoms with van der Waals surface area (Å²) >= 11 is 1.69. The van der Waals surface area contributed by atoms with Gasteiger partial charge in [0.25, 0.3) is 0 Å². The molecule has 1 N–H and O–H groups in total. The minimum atomic E-state index is -0.0175. The van der Waals surface area contributed by atoms with Gasteiger partial charge in [-0.1, -0.05) is 0 Å². The summed E-state index contributed by atoms with van der Waals surface area (Å²) in [7, 11) is 0. The summed E-state index contributed by atoms with van der Waals surface area (Å²) < 4.78 is 5.08. The number of nitrogens with one attached hydrogen (secondary N) is 1. The van der Waals surface area contributed by atoms with E-state index in [1.165, 1.54) is 0 Å². The molecule has 5 heteroatoms. The van der Waals surface area contributed by atoms with Crippen LogP contribution in [0.1, 0.15) is 43.3 Å². The highest BCUT2D eigenvalue weighted by Gasteiger charge is 2.26. The fourth-order valence-electron chi connectivity index (χ4n) is 2.53. The molecule has 0 radical (unpaired) electrons. The van der Waals surface area contributed by atoms with Gasteiger partial charge in [-0.25, -0.2) is 4.98 Å². The summed E-state index contributed by atoms with van der Waals surface area (Å²) in [6.45, 7) is 5.21. The zero-order valence-electron chi connectivity index (χ0n) is 11.6. The van der Waals surface area contributed by atoms with Crippen LogP contribution in [0.15, 0.2) is 5.38 Å². The number of aryl methyl sites for hydroxylation is 1. The fraction of sp³-hybridized carbons (Fsp3) is 0.714. The largest absolute Gasteiger partial charge is 0.466 e. The second-order valence-corrected chi connectivity index (χ2v) is 6.10. The van der Waals surface area contributed by atoms with Gasteiger partial charge >= 0.3 is 5.97 Å². The number of hydrogen-bond acceptors (Lipinski definition) is 5. The monoisotopic (exact) mass is 282 g/mol. The van der Waals surface area contributed by atoms with Crippen molar-refractivity contribution in [1.82, 2.24) is 10.3 Å². The van der Waals surface area contributed by atoms with Crippen molar-refractivity contribution in [2.75, 3.05) is 6.61 Å². The molecule has 0 aromatic carbocycles. The van der Waals surface area contributed by atoms with Crippen LogP contribution in [-0.4, -0.2) is 23.6 Å². The standard InChI is InChI=1S/C14H22N2O2S/c1-3-18-14(17)11-4-6-12(7-5-11)15-8-13-9-19-10(2)16-13/h9,11-12,15H,3-8H2,1-2H3. The van der Waals surface area contributed by atoms with Crippen molar-refractivity contribution in [3.05, 3.63) is 16.1 Å². The van der Waals surface area contributed by atoms with Crippen molar-refractivity contribution in [2.45, 2.75) is 52.1 Å². The summed E-state index contributed by atoms with van der Waals surface area (Å²) in [5.41, 5.74) is 1.12. The molecule has 0 unspecified atom stereocenters. The summed E-state index contributed by atoms with van der Waals surface area (Å²) in [6, 6.07) is 0.507. The molecule has 0 atom stereocenters. The van der Waals surface area contributed by atoms with Gasteiger partial charge in [0.2, 0.25) is 0 Å². The highest BCUT2D eigenvalue weighted by atomic mass is 32.1. The molecule has 1 aliphatic rings. The average molecular weight is 282 g/mol. The maximum atomic E-state index is 11.6. The number of nitrogens with zero attached hydrogens (tertiary/aromatic N) is 1. The minimum absolute atomic E-state index is 0.0175. The van der Waals surface area contributed by atoms with Gasteiger partial charge in [0.1, 0.15) is 0 Å². The molecule has 1 fully saturated rings. The number of aromatic nitrogens is 1. The molecule has 4 nitrogen and oxygen atoms in total. The molecule has 1 aliphatic carbocycles. The molecule has 1 aromatic heterocycles. The van der Waals surface area contributed by atoms with Crippen molar-refractivity contribution in [3.63, 3.8) is 0 Å². The topological polar surface area (TPSA) is 51.2 Å². The second kappa shape index (κ2) is 7.01. The Balaban J connectivity index is 1.70. The van der Waals surface area contributed by atoms with E-state index in [0.717, 1.165) is 42.9 Å². The lowest BCUT2D eigenvalue weighted by molar-refractivity contribution is -0.149. The van der Waals surface area contributed by atoms with Crippen molar-refractivity contribution < 1.29 is 9.53 Å². The molecule has 1 heterocycles. The lowest BCUT2D eigenvalue weighted by Gasteiger charge is -2.27. The molecule has 2 rings (SSSR count). The van der Waals surface area contributed by atoms with Crippen LogP contribution in [0.4, 0.5) is 0 Å². The molecular weight excluding hydrogens is 260 g/mol. The molecule has 0 bridgehead atoms. The molecule has 1 saturated carbocycles. The molecule has 0 spiro atoms. The van der Waals surface area contributed by atoms with E-state index >= 15 is 0 Å². The Hall–Kier alpha value is -0.940. The molecule has 1 aromatic rings. The Morgan fingerprint density at radius 2 is 2.21 bits per heavy atom. The van der Waals surface area contributed by atoms with E-state index in [4.69, 9.17) is 4.74 Å². The lowest BCUT2D eigenvalue weighted by atomic mass is 9.86. The Kier molecular flexibility index (Phi) is 5.34. The highest BCUT2D eigenvalue weighted by molar-refractivity contribution is 7.09. The van der Waals surface area contributed by atoms with E-state index in [0.29, 0.717) is 12.6 Å². The third kappa shape index (κ3) is 4.28. The average Bonchev–Trinajstić information content (AvgIpc) is 2.83. The lowest BCUT2D eigenvalue weighted by Crippen LogP contribution is -2.35. The first-order chi connectivity index (χ1) is 9.19. The van der Waals surface area contributed by atoms with E-state index in [9.17, 15) is 4.79 Å². The van der Waals surface area contributed by atoms with Gasteiger partial charge in [-0.2, -0.15) is 0 Å². The normalized spacial score (nSPS) is 23.3. The number of hydrogen-bond donors (Lipinski definition) is 1. The van der Waals surface area contributed by atoms with Crippen molar-refractivity contribution in [1.29, 1.82) is 0 Å². The van der Waals surface area contributed by atoms with Gasteiger partial charge in [-0.3, -0.25) is 4.79 Å². The van der Waals surface area contributed by atoms with E-state index in [2.05, 4.69) is 15.7 Å². The summed E-state index contributed by atoms with van der Waals surface area (Å²) in [4.78, 5) is 16.1. The van der Waals surface area contributed by atoms with Crippen LogP contribution in [-0.2, 0) is 16.1 Å². The first-order valence-corrected chi connectivity index (χ1v) is 7.88. The van der Waals surface area contributed by atoms with Crippen molar-refractivity contribution in [3.8, 4) is 0 Å². The van der Waals surface area contributed by atoms with Gasteiger partial charge in [0, 0.05) is 18.0 Å². The van der Waals surface area contributed by atoms with Gasteiger partial charge < -0.3 is 10.1 Å². The first kappa shape index (κ1) is 14.5. The maximum Gasteiger partial charge on any atom is 0.308 e. The second-order valence-electron chi connectivity index (χ2n) is 5.04. The fourth-order valence-corrected chi connectivity index (χ4v) is 3.14. The number of esters is 1. The maximum absolute atomic E-state index is 11.6. The van der Waals surface area contributed by atoms with Gasteiger partial charge in [0.05, 0.1) is 23.2 Å². The summed E-state index contributed by atoms with van der Waals surface area (Å²) in [5.74, 6) is 0.0931. The Morgan fingerprint density at radius 3 is 2.79 bits per heavy atom. The Morgan fingerprint density at radius 1 is 1.47 bits per heavy atom. The van der Waals surface area contributed by atoms with Crippen LogP contribution in [0.3, 0.4) is 0 Å². The molecule has 106 valence electrons. The smallest absolute Gasteiger partial charge is 0.308 e. The number of carbonyl (C=O) groups excluding carboxylic acids is 1. The number of rotatable bonds is 5. The van der Waals surface area contributed by atoms with E-state index in [-0.39, 0.29) is 11.9 Å². The summed E-state index contributed by atoms with van der Waals surface area (Å²) in [5, 5.41) is 6.75. The molecule has 0 aliphatic heterocycles. The third-order valence-electron chi connectivity index (χ3n) is 3.59. The molecule has 0 saturated heterocycles.